The Morgan fingerprint density at radius 3 is 2.40 bits per heavy atom. The van der Waals surface area contributed by atoms with E-state index in [1.54, 1.807) is 0 Å². The number of hydrogen-bond acceptors (Lipinski definition) is 4. The van der Waals surface area contributed by atoms with Gasteiger partial charge >= 0.3 is 0 Å². The Kier molecular flexibility index (Phi) is 3.02. The van der Waals surface area contributed by atoms with Gasteiger partial charge in [0.2, 0.25) is 11.8 Å². The molecule has 2 saturated heterocycles. The SMILES string of the molecule is CCN1CCN(C2CC(=O)NC2=O)CC1. The molecule has 5 heteroatoms. The van der Waals surface area contributed by atoms with E-state index in [9.17, 15) is 9.59 Å². The van der Waals surface area contributed by atoms with Gasteiger partial charge in [0.15, 0.2) is 0 Å². The number of imide groups is 1. The van der Waals surface area contributed by atoms with Gasteiger partial charge in [-0.25, -0.2) is 0 Å². The van der Waals surface area contributed by atoms with Gasteiger partial charge < -0.3 is 4.90 Å². The second kappa shape index (κ2) is 4.28. The second-order valence-corrected chi connectivity index (χ2v) is 4.10. The lowest BCUT2D eigenvalue weighted by atomic mass is 10.2. The van der Waals surface area contributed by atoms with Gasteiger partial charge in [0.25, 0.3) is 0 Å². The van der Waals surface area contributed by atoms with Crippen LogP contribution in [-0.4, -0.2) is 60.4 Å². The highest BCUT2D eigenvalue weighted by atomic mass is 16.2. The summed E-state index contributed by atoms with van der Waals surface area (Å²) in [4.78, 5) is 27.0. The molecule has 0 aliphatic carbocycles. The van der Waals surface area contributed by atoms with Crippen LogP contribution in [0.1, 0.15) is 13.3 Å². The fourth-order valence-electron chi connectivity index (χ4n) is 2.23. The second-order valence-electron chi connectivity index (χ2n) is 4.10. The lowest BCUT2D eigenvalue weighted by Crippen LogP contribution is -2.52. The van der Waals surface area contributed by atoms with Gasteiger partial charge in [-0.05, 0) is 6.54 Å². The van der Waals surface area contributed by atoms with Crippen molar-refractivity contribution < 1.29 is 9.59 Å². The Morgan fingerprint density at radius 2 is 1.93 bits per heavy atom. The molecule has 1 N–H and O–H groups in total. The molecule has 0 saturated carbocycles. The van der Waals surface area contributed by atoms with E-state index in [4.69, 9.17) is 0 Å². The lowest BCUT2D eigenvalue weighted by molar-refractivity contribution is -0.126. The summed E-state index contributed by atoms with van der Waals surface area (Å²) < 4.78 is 0. The maximum atomic E-state index is 11.4. The molecular weight excluding hydrogens is 194 g/mol. The van der Waals surface area contributed by atoms with E-state index in [-0.39, 0.29) is 17.9 Å². The van der Waals surface area contributed by atoms with Crippen molar-refractivity contribution in [2.75, 3.05) is 32.7 Å². The highest BCUT2D eigenvalue weighted by Gasteiger charge is 2.36. The van der Waals surface area contributed by atoms with Crippen LogP contribution in [0.15, 0.2) is 0 Å². The minimum atomic E-state index is -0.212. The standard InChI is InChI=1S/C10H17N3O2/c1-2-12-3-5-13(6-4-12)8-7-9(14)11-10(8)15/h8H,2-7H2,1H3,(H,11,14,15). The molecule has 15 heavy (non-hydrogen) atoms. The quantitative estimate of drug-likeness (QED) is 0.598. The predicted octanol–water partition coefficient (Wildman–Crippen LogP) is -0.961. The molecule has 84 valence electrons. The minimum absolute atomic E-state index is 0.120. The average molecular weight is 211 g/mol. The number of nitrogens with zero attached hydrogens (tertiary/aromatic N) is 2. The summed E-state index contributed by atoms with van der Waals surface area (Å²) in [6, 6.07) is -0.212. The summed E-state index contributed by atoms with van der Waals surface area (Å²) >= 11 is 0. The van der Waals surface area contributed by atoms with Crippen LogP contribution in [0, 0.1) is 0 Å². The number of hydrogen-bond donors (Lipinski definition) is 1. The van der Waals surface area contributed by atoms with Gasteiger partial charge in [-0.2, -0.15) is 0 Å². The number of carbonyl (C=O) groups excluding carboxylic acids is 2. The van der Waals surface area contributed by atoms with Crippen molar-refractivity contribution >= 4 is 11.8 Å². The molecule has 2 aliphatic rings. The molecule has 1 atom stereocenters. The number of nitrogens with one attached hydrogen (secondary N) is 1. The monoisotopic (exact) mass is 211 g/mol. The highest BCUT2D eigenvalue weighted by molar-refractivity contribution is 6.05. The fourth-order valence-corrected chi connectivity index (χ4v) is 2.23. The molecule has 0 radical (unpaired) electrons. The van der Waals surface area contributed by atoms with Crippen molar-refractivity contribution in [3.05, 3.63) is 0 Å². The highest BCUT2D eigenvalue weighted by Crippen LogP contribution is 2.13. The largest absolute Gasteiger partial charge is 0.301 e. The molecule has 2 rings (SSSR count). The third-order valence-corrected chi connectivity index (χ3v) is 3.24. The van der Waals surface area contributed by atoms with Crippen LogP contribution < -0.4 is 5.32 Å². The first kappa shape index (κ1) is 10.6. The van der Waals surface area contributed by atoms with Crippen LogP contribution in [0.2, 0.25) is 0 Å². The fraction of sp³-hybridized carbons (Fsp3) is 0.800. The van der Waals surface area contributed by atoms with Crippen LogP contribution in [0.25, 0.3) is 0 Å². The summed E-state index contributed by atoms with van der Waals surface area (Å²) in [5.41, 5.74) is 0. The molecule has 0 aromatic carbocycles. The molecule has 2 aliphatic heterocycles. The molecule has 2 amide bonds. The molecular formula is C10H17N3O2. The van der Waals surface area contributed by atoms with Crippen LogP contribution in [0.4, 0.5) is 0 Å². The molecule has 0 aromatic heterocycles. The van der Waals surface area contributed by atoms with Crippen molar-refractivity contribution in [2.45, 2.75) is 19.4 Å². The van der Waals surface area contributed by atoms with Gasteiger partial charge in [0.1, 0.15) is 0 Å². The van der Waals surface area contributed by atoms with Crippen molar-refractivity contribution in [3.8, 4) is 0 Å². The smallest absolute Gasteiger partial charge is 0.244 e. The zero-order valence-corrected chi connectivity index (χ0v) is 9.03. The molecule has 2 heterocycles. The predicted molar refractivity (Wildman–Crippen MR) is 55.2 cm³/mol. The van der Waals surface area contributed by atoms with Crippen LogP contribution >= 0.6 is 0 Å². The number of carbonyl (C=O) groups is 2. The number of amides is 2. The summed E-state index contributed by atoms with van der Waals surface area (Å²) in [6.07, 6.45) is 0.338. The van der Waals surface area contributed by atoms with Crippen molar-refractivity contribution in [1.29, 1.82) is 0 Å². The van der Waals surface area contributed by atoms with E-state index < -0.39 is 0 Å². The minimum Gasteiger partial charge on any atom is -0.301 e. The third-order valence-electron chi connectivity index (χ3n) is 3.24. The van der Waals surface area contributed by atoms with Crippen molar-refractivity contribution in [3.63, 3.8) is 0 Å². The normalized spacial score (nSPS) is 29.5. The summed E-state index contributed by atoms with van der Waals surface area (Å²) in [7, 11) is 0. The summed E-state index contributed by atoms with van der Waals surface area (Å²) in [6.45, 7) is 6.96. The topological polar surface area (TPSA) is 52.6 Å². The van der Waals surface area contributed by atoms with E-state index in [1.165, 1.54) is 0 Å². The Balaban J connectivity index is 1.90. The van der Waals surface area contributed by atoms with Gasteiger partial charge in [-0.15, -0.1) is 0 Å². The van der Waals surface area contributed by atoms with E-state index >= 15 is 0 Å². The van der Waals surface area contributed by atoms with E-state index in [2.05, 4.69) is 22.0 Å². The zero-order chi connectivity index (χ0) is 10.8. The Bertz CT molecular complexity index is 272. The van der Waals surface area contributed by atoms with Crippen LogP contribution in [0.5, 0.6) is 0 Å². The van der Waals surface area contributed by atoms with Crippen molar-refractivity contribution in [1.82, 2.24) is 15.1 Å². The zero-order valence-electron chi connectivity index (χ0n) is 9.03. The first-order valence-electron chi connectivity index (χ1n) is 5.51. The number of piperazine rings is 1. The maximum absolute atomic E-state index is 11.4. The third kappa shape index (κ3) is 2.18. The first-order valence-corrected chi connectivity index (χ1v) is 5.51. The Labute approximate surface area is 89.4 Å². The van der Waals surface area contributed by atoms with E-state index in [0.717, 1.165) is 32.7 Å². The summed E-state index contributed by atoms with van der Waals surface area (Å²) in [5.74, 6) is -0.257. The van der Waals surface area contributed by atoms with Crippen LogP contribution in [0.3, 0.4) is 0 Å². The molecule has 1 unspecified atom stereocenters. The van der Waals surface area contributed by atoms with E-state index in [1.807, 2.05) is 0 Å². The lowest BCUT2D eigenvalue weighted by Gasteiger charge is -2.36. The Morgan fingerprint density at radius 1 is 1.27 bits per heavy atom. The molecule has 0 spiro atoms. The van der Waals surface area contributed by atoms with Crippen molar-refractivity contribution in [2.24, 2.45) is 0 Å². The molecule has 5 nitrogen and oxygen atoms in total. The maximum Gasteiger partial charge on any atom is 0.244 e. The first-order chi connectivity index (χ1) is 7.20. The van der Waals surface area contributed by atoms with Gasteiger partial charge in [-0.3, -0.25) is 19.8 Å². The van der Waals surface area contributed by atoms with Gasteiger partial charge in [-0.1, -0.05) is 6.92 Å². The molecule has 0 bridgehead atoms. The average Bonchev–Trinajstić information content (AvgIpc) is 2.58. The summed E-state index contributed by atoms with van der Waals surface area (Å²) in [5, 5.41) is 2.36. The molecule has 2 fully saturated rings. The van der Waals surface area contributed by atoms with Gasteiger partial charge in [0.05, 0.1) is 12.5 Å². The number of rotatable bonds is 2. The van der Waals surface area contributed by atoms with E-state index in [0.29, 0.717) is 6.42 Å². The van der Waals surface area contributed by atoms with Crippen LogP contribution in [-0.2, 0) is 9.59 Å². The number of likely N-dealkylation sites (N-methyl/N-ethyl adjacent to an activating group) is 1. The molecule has 0 aromatic rings. The van der Waals surface area contributed by atoms with Gasteiger partial charge in [0, 0.05) is 26.2 Å². The Hall–Kier alpha value is -0.940.